The summed E-state index contributed by atoms with van der Waals surface area (Å²) in [5.74, 6) is 0.265. The number of rotatable bonds is 0. The zero-order valence-electron chi connectivity index (χ0n) is 11.6. The number of hydrogen-bond acceptors (Lipinski definition) is 1. The summed E-state index contributed by atoms with van der Waals surface area (Å²) in [4.78, 5) is 11.8. The molecule has 0 aromatic heterocycles. The summed E-state index contributed by atoms with van der Waals surface area (Å²) in [6, 6.07) is 0. The molecule has 0 aromatic carbocycles. The van der Waals surface area contributed by atoms with Gasteiger partial charge in [0.15, 0.2) is 5.78 Å². The van der Waals surface area contributed by atoms with Gasteiger partial charge in [-0.3, -0.25) is 4.79 Å². The van der Waals surface area contributed by atoms with E-state index in [4.69, 9.17) is 11.6 Å². The first-order valence-corrected chi connectivity index (χ1v) is 7.88. The molecule has 18 heavy (non-hydrogen) atoms. The van der Waals surface area contributed by atoms with E-state index < -0.39 is 0 Å². The lowest BCUT2D eigenvalue weighted by Gasteiger charge is -2.56. The fraction of sp³-hybridized carbons (Fsp3) is 0.800. The van der Waals surface area contributed by atoms with E-state index in [9.17, 15) is 4.79 Å². The first-order chi connectivity index (χ1) is 8.11. The molecule has 1 nitrogen and oxygen atoms in total. The van der Waals surface area contributed by atoms with Gasteiger partial charge in [-0.15, -0.1) is 11.6 Å². The van der Waals surface area contributed by atoms with E-state index >= 15 is 0 Å². The van der Waals surface area contributed by atoms with Crippen molar-refractivity contribution < 1.29 is 4.79 Å². The molecule has 0 aromatic rings. The van der Waals surface area contributed by atoms with Gasteiger partial charge in [0.25, 0.3) is 0 Å². The lowest BCUT2D eigenvalue weighted by atomic mass is 9.51. The first-order valence-electron chi connectivity index (χ1n) is 6.65. The maximum atomic E-state index is 11.8. The molecule has 3 atom stereocenters. The Labute approximate surface area is 123 Å². The first kappa shape index (κ1) is 14.6. The number of carbonyl (C=O) groups is 1. The van der Waals surface area contributed by atoms with Crippen LogP contribution in [-0.4, -0.2) is 15.5 Å². The van der Waals surface area contributed by atoms with E-state index in [2.05, 4.69) is 43.6 Å². The SMILES string of the molecule is CC1=CC(=O)CC(C)(C)C12CCC(C)(Br)C(Cl)C2. The van der Waals surface area contributed by atoms with Crippen LogP contribution in [0.5, 0.6) is 0 Å². The minimum Gasteiger partial charge on any atom is -0.295 e. The van der Waals surface area contributed by atoms with E-state index in [1.54, 1.807) is 0 Å². The van der Waals surface area contributed by atoms with Crippen molar-refractivity contribution in [3.05, 3.63) is 11.6 Å². The van der Waals surface area contributed by atoms with Crippen molar-refractivity contribution in [2.75, 3.05) is 0 Å². The van der Waals surface area contributed by atoms with Gasteiger partial charge in [0, 0.05) is 16.1 Å². The van der Waals surface area contributed by atoms with Gasteiger partial charge in [0.2, 0.25) is 0 Å². The van der Waals surface area contributed by atoms with Crippen LogP contribution in [-0.2, 0) is 4.79 Å². The summed E-state index contributed by atoms with van der Waals surface area (Å²) < 4.78 is 0.0254. The molecule has 0 radical (unpaired) electrons. The smallest absolute Gasteiger partial charge is 0.156 e. The Morgan fingerprint density at radius 1 is 1.33 bits per heavy atom. The average Bonchev–Trinajstić information content (AvgIpc) is 2.19. The van der Waals surface area contributed by atoms with Gasteiger partial charge >= 0.3 is 0 Å². The quantitative estimate of drug-likeness (QED) is 0.578. The van der Waals surface area contributed by atoms with Crippen molar-refractivity contribution in [3.8, 4) is 0 Å². The van der Waals surface area contributed by atoms with Crippen molar-refractivity contribution in [1.29, 1.82) is 0 Å². The zero-order chi connectivity index (χ0) is 13.8. The highest BCUT2D eigenvalue weighted by Gasteiger charge is 2.55. The molecule has 0 saturated heterocycles. The van der Waals surface area contributed by atoms with Crippen molar-refractivity contribution in [1.82, 2.24) is 0 Å². The number of alkyl halides is 2. The summed E-state index contributed by atoms with van der Waals surface area (Å²) in [5, 5.41) is 0.113. The minimum atomic E-state index is 0.0134. The molecular formula is C15H22BrClO. The normalized spacial score (nSPS) is 44.0. The van der Waals surface area contributed by atoms with E-state index in [1.807, 2.05) is 6.08 Å². The summed E-state index contributed by atoms with van der Waals surface area (Å²) >= 11 is 10.4. The molecule has 0 N–H and O–H groups in total. The highest BCUT2D eigenvalue weighted by atomic mass is 79.9. The third kappa shape index (κ3) is 2.10. The number of ketones is 1. The molecule has 1 fully saturated rings. The van der Waals surface area contributed by atoms with E-state index in [0.717, 1.165) is 19.3 Å². The second-order valence-corrected chi connectivity index (χ2v) is 9.22. The Hall–Kier alpha value is 0.180. The highest BCUT2D eigenvalue weighted by Crippen LogP contribution is 2.61. The number of hydrogen-bond donors (Lipinski definition) is 0. The van der Waals surface area contributed by atoms with Gasteiger partial charge in [-0.25, -0.2) is 0 Å². The molecular weight excluding hydrogens is 312 g/mol. The van der Waals surface area contributed by atoms with Crippen LogP contribution in [0.3, 0.4) is 0 Å². The topological polar surface area (TPSA) is 17.1 Å². The molecule has 0 amide bonds. The third-order valence-electron chi connectivity index (χ3n) is 5.27. The number of allylic oxidation sites excluding steroid dienone is 2. The fourth-order valence-corrected chi connectivity index (χ4v) is 4.51. The van der Waals surface area contributed by atoms with Crippen molar-refractivity contribution in [2.45, 2.75) is 63.1 Å². The predicted octanol–water partition coefficient (Wildman–Crippen LogP) is 4.86. The molecule has 0 aliphatic heterocycles. The maximum Gasteiger partial charge on any atom is 0.156 e. The Balaban J connectivity index is 2.42. The van der Waals surface area contributed by atoms with Crippen LogP contribution >= 0.6 is 27.5 Å². The number of halogens is 2. The molecule has 1 saturated carbocycles. The molecule has 3 heteroatoms. The van der Waals surface area contributed by atoms with Crippen LogP contribution < -0.4 is 0 Å². The maximum absolute atomic E-state index is 11.8. The summed E-state index contributed by atoms with van der Waals surface area (Å²) in [6.45, 7) is 8.74. The predicted molar refractivity (Wildman–Crippen MR) is 80.4 cm³/mol. The van der Waals surface area contributed by atoms with Crippen molar-refractivity contribution >= 4 is 33.3 Å². The monoisotopic (exact) mass is 332 g/mol. The molecule has 2 aliphatic rings. The van der Waals surface area contributed by atoms with Gasteiger partial charge in [0.05, 0.1) is 0 Å². The minimum absolute atomic E-state index is 0.0134. The van der Waals surface area contributed by atoms with Gasteiger partial charge in [-0.2, -0.15) is 0 Å². The molecule has 0 bridgehead atoms. The summed E-state index contributed by atoms with van der Waals surface area (Å²) in [5.41, 5.74) is 1.34. The van der Waals surface area contributed by atoms with Crippen LogP contribution in [0.2, 0.25) is 0 Å². The van der Waals surface area contributed by atoms with Gasteiger partial charge < -0.3 is 0 Å². The molecule has 1 spiro atoms. The lowest BCUT2D eigenvalue weighted by molar-refractivity contribution is -0.120. The second-order valence-electron chi connectivity index (χ2n) is 6.89. The third-order valence-corrected chi connectivity index (χ3v) is 7.11. The lowest BCUT2D eigenvalue weighted by Crippen LogP contribution is -2.51. The Kier molecular flexibility index (Phi) is 3.52. The van der Waals surface area contributed by atoms with Crippen LogP contribution in [0.1, 0.15) is 53.4 Å². The standard InChI is InChI=1S/C15H22BrClO/c1-10-7-11(18)8-13(2,3)15(10)6-5-14(4,16)12(17)9-15/h7,12H,5-6,8-9H2,1-4H3. The molecule has 2 rings (SSSR count). The van der Waals surface area contributed by atoms with Crippen LogP contribution in [0, 0.1) is 10.8 Å². The van der Waals surface area contributed by atoms with Gasteiger partial charge in [-0.05, 0) is 50.0 Å². The van der Waals surface area contributed by atoms with Crippen molar-refractivity contribution in [3.63, 3.8) is 0 Å². The van der Waals surface area contributed by atoms with Crippen LogP contribution in [0.4, 0.5) is 0 Å². The fourth-order valence-electron chi connectivity index (χ4n) is 3.78. The Morgan fingerprint density at radius 3 is 2.44 bits per heavy atom. The zero-order valence-corrected chi connectivity index (χ0v) is 14.0. The van der Waals surface area contributed by atoms with Crippen LogP contribution in [0.15, 0.2) is 11.6 Å². The largest absolute Gasteiger partial charge is 0.295 e. The number of carbonyl (C=O) groups excluding carboxylic acids is 1. The highest BCUT2D eigenvalue weighted by molar-refractivity contribution is 9.10. The molecule has 102 valence electrons. The molecule has 3 unspecified atom stereocenters. The summed E-state index contributed by atoms with van der Waals surface area (Å²) in [6.07, 6.45) is 5.63. The summed E-state index contributed by atoms with van der Waals surface area (Å²) in [7, 11) is 0. The molecule has 2 aliphatic carbocycles. The molecule has 0 heterocycles. The Morgan fingerprint density at radius 2 is 1.94 bits per heavy atom. The van der Waals surface area contributed by atoms with Gasteiger partial charge in [0.1, 0.15) is 0 Å². The average molecular weight is 334 g/mol. The second kappa shape index (κ2) is 4.34. The van der Waals surface area contributed by atoms with E-state index in [-0.39, 0.29) is 26.3 Å². The van der Waals surface area contributed by atoms with E-state index in [0.29, 0.717) is 6.42 Å². The van der Waals surface area contributed by atoms with Gasteiger partial charge in [-0.1, -0.05) is 35.4 Å². The Bertz CT molecular complexity index is 411. The van der Waals surface area contributed by atoms with E-state index in [1.165, 1.54) is 5.57 Å². The van der Waals surface area contributed by atoms with Crippen molar-refractivity contribution in [2.24, 2.45) is 10.8 Å². The van der Waals surface area contributed by atoms with Crippen LogP contribution in [0.25, 0.3) is 0 Å².